The molecule has 1 atom stereocenters. The van der Waals surface area contributed by atoms with E-state index in [1.807, 2.05) is 50.2 Å². The number of nitrogens with zero attached hydrogens (tertiary/aromatic N) is 4. The zero-order valence-electron chi connectivity index (χ0n) is 22.6. The maximum Gasteiger partial charge on any atom is 0.321 e. The van der Waals surface area contributed by atoms with Gasteiger partial charge in [0.15, 0.2) is 0 Å². The van der Waals surface area contributed by atoms with Crippen LogP contribution in [-0.2, 0) is 11.3 Å². The minimum atomic E-state index is -0.637. The summed E-state index contributed by atoms with van der Waals surface area (Å²) >= 11 is 0. The molecular formula is C30H31N5O5. The number of amides is 3. The lowest BCUT2D eigenvalue weighted by atomic mass is 10.0. The number of hydrogen-bond acceptors (Lipinski definition) is 6. The number of aromatic hydroxyl groups is 1. The van der Waals surface area contributed by atoms with E-state index in [0.717, 1.165) is 16.7 Å². The van der Waals surface area contributed by atoms with Crippen molar-refractivity contribution in [3.8, 4) is 17.6 Å². The molecule has 2 saturated heterocycles. The van der Waals surface area contributed by atoms with Crippen LogP contribution in [0, 0.1) is 11.8 Å². The first-order chi connectivity index (χ1) is 19.2. The summed E-state index contributed by atoms with van der Waals surface area (Å²) < 4.78 is 5.23. The van der Waals surface area contributed by atoms with Crippen molar-refractivity contribution in [1.82, 2.24) is 24.7 Å². The summed E-state index contributed by atoms with van der Waals surface area (Å²) in [7, 11) is 1.65. The van der Waals surface area contributed by atoms with Crippen LogP contribution >= 0.6 is 0 Å². The molecular weight excluding hydrogens is 510 g/mol. The highest BCUT2D eigenvalue weighted by Crippen LogP contribution is 2.33. The molecule has 0 spiro atoms. The summed E-state index contributed by atoms with van der Waals surface area (Å²) in [5, 5.41) is 10.1. The molecule has 0 saturated carbocycles. The Hall–Kier alpha value is -4.62. The average Bonchev–Trinajstić information content (AvgIpc) is 3.26. The Morgan fingerprint density at radius 3 is 2.27 bits per heavy atom. The maximum absolute atomic E-state index is 13.2. The average molecular weight is 542 g/mol. The van der Waals surface area contributed by atoms with Gasteiger partial charge < -0.3 is 29.5 Å². The molecule has 1 aromatic heterocycles. The Morgan fingerprint density at radius 1 is 1.05 bits per heavy atom. The van der Waals surface area contributed by atoms with Crippen LogP contribution in [-0.4, -0.2) is 80.6 Å². The predicted octanol–water partition coefficient (Wildman–Crippen LogP) is 2.73. The van der Waals surface area contributed by atoms with E-state index in [9.17, 15) is 19.5 Å². The zero-order chi connectivity index (χ0) is 28.4. The highest BCUT2D eigenvalue weighted by atomic mass is 16.5. The zero-order valence-corrected chi connectivity index (χ0v) is 22.6. The predicted molar refractivity (Wildman–Crippen MR) is 148 cm³/mol. The fraction of sp³-hybridized carbons (Fsp3) is 0.333. The lowest BCUT2D eigenvalue weighted by molar-refractivity contribution is -0.0191. The lowest BCUT2D eigenvalue weighted by Crippen LogP contribution is -2.54. The Labute approximate surface area is 232 Å². The van der Waals surface area contributed by atoms with Gasteiger partial charge in [-0.2, -0.15) is 0 Å². The molecule has 10 heteroatoms. The third-order valence-corrected chi connectivity index (χ3v) is 7.27. The van der Waals surface area contributed by atoms with Crippen molar-refractivity contribution < 1.29 is 19.4 Å². The lowest BCUT2D eigenvalue weighted by Gasteiger charge is -2.38. The van der Waals surface area contributed by atoms with E-state index in [0.29, 0.717) is 25.2 Å². The van der Waals surface area contributed by atoms with E-state index in [4.69, 9.17) is 4.74 Å². The van der Waals surface area contributed by atoms with Crippen LogP contribution < -0.4 is 5.56 Å². The number of rotatable bonds is 6. The minimum absolute atomic E-state index is 0.00621. The minimum Gasteiger partial charge on any atom is -0.502 e. The monoisotopic (exact) mass is 541 g/mol. The van der Waals surface area contributed by atoms with Crippen LogP contribution in [0.15, 0.2) is 59.7 Å². The highest BCUT2D eigenvalue weighted by molar-refractivity contribution is 5.94. The Balaban J connectivity index is 1.26. The van der Waals surface area contributed by atoms with Crippen molar-refractivity contribution in [3.63, 3.8) is 0 Å². The molecule has 206 valence electrons. The summed E-state index contributed by atoms with van der Waals surface area (Å²) in [5.41, 5.74) is 2.74. The van der Waals surface area contributed by atoms with E-state index in [1.54, 1.807) is 33.9 Å². The van der Waals surface area contributed by atoms with Gasteiger partial charge in [0.1, 0.15) is 5.69 Å². The SMILES string of the molecule is COC1CN(C(=O)c2ccc(C#Cc3ccc(C4CN(Cc5nc[nH]c(=O)c5O)C(=O)N4C(C)C)cc3)cc2)C1. The molecule has 2 aliphatic rings. The molecule has 0 bridgehead atoms. The number of carbonyl (C=O) groups is 2. The van der Waals surface area contributed by atoms with Gasteiger partial charge in [-0.1, -0.05) is 24.0 Å². The van der Waals surface area contributed by atoms with Crippen molar-refractivity contribution in [2.75, 3.05) is 26.7 Å². The van der Waals surface area contributed by atoms with Crippen molar-refractivity contribution in [3.05, 3.63) is 93.2 Å². The van der Waals surface area contributed by atoms with Crippen molar-refractivity contribution in [1.29, 1.82) is 0 Å². The largest absolute Gasteiger partial charge is 0.502 e. The number of H-pyrrole nitrogens is 1. The number of likely N-dealkylation sites (tertiary alicyclic amines) is 1. The maximum atomic E-state index is 13.2. The van der Waals surface area contributed by atoms with E-state index in [2.05, 4.69) is 21.8 Å². The van der Waals surface area contributed by atoms with Crippen LogP contribution in [0.5, 0.6) is 5.75 Å². The number of hydrogen-bond donors (Lipinski definition) is 2. The molecule has 10 nitrogen and oxygen atoms in total. The first-order valence-corrected chi connectivity index (χ1v) is 13.1. The summed E-state index contributed by atoms with van der Waals surface area (Å²) in [4.78, 5) is 49.0. The number of aromatic amines is 1. The van der Waals surface area contributed by atoms with Gasteiger partial charge in [-0.3, -0.25) is 9.59 Å². The van der Waals surface area contributed by atoms with Gasteiger partial charge in [0.25, 0.3) is 11.5 Å². The second-order valence-corrected chi connectivity index (χ2v) is 10.2. The van der Waals surface area contributed by atoms with Gasteiger partial charge in [-0.15, -0.1) is 0 Å². The summed E-state index contributed by atoms with van der Waals surface area (Å²) in [5.74, 6) is 5.82. The molecule has 2 N–H and O–H groups in total. The van der Waals surface area contributed by atoms with E-state index in [1.165, 1.54) is 6.33 Å². The van der Waals surface area contributed by atoms with Gasteiger partial charge in [0.2, 0.25) is 5.75 Å². The number of benzene rings is 2. The van der Waals surface area contributed by atoms with E-state index >= 15 is 0 Å². The van der Waals surface area contributed by atoms with E-state index < -0.39 is 11.3 Å². The first kappa shape index (κ1) is 27.0. The van der Waals surface area contributed by atoms with Gasteiger partial charge in [-0.25, -0.2) is 9.78 Å². The fourth-order valence-corrected chi connectivity index (χ4v) is 4.94. The van der Waals surface area contributed by atoms with Gasteiger partial charge >= 0.3 is 6.03 Å². The molecule has 3 heterocycles. The van der Waals surface area contributed by atoms with Gasteiger partial charge in [0.05, 0.1) is 25.0 Å². The van der Waals surface area contributed by atoms with E-state index in [-0.39, 0.29) is 42.4 Å². The van der Waals surface area contributed by atoms with Crippen LogP contribution in [0.3, 0.4) is 0 Å². The highest BCUT2D eigenvalue weighted by Gasteiger charge is 2.40. The number of aromatic nitrogens is 2. The summed E-state index contributed by atoms with van der Waals surface area (Å²) in [6.07, 6.45) is 1.34. The third kappa shape index (κ3) is 5.42. The smallest absolute Gasteiger partial charge is 0.321 e. The third-order valence-electron chi connectivity index (χ3n) is 7.27. The molecule has 2 aliphatic heterocycles. The van der Waals surface area contributed by atoms with Crippen LogP contribution in [0.2, 0.25) is 0 Å². The molecule has 40 heavy (non-hydrogen) atoms. The fourth-order valence-electron chi connectivity index (χ4n) is 4.94. The van der Waals surface area contributed by atoms with Crippen molar-refractivity contribution in [2.45, 2.75) is 38.6 Å². The molecule has 3 amide bonds. The van der Waals surface area contributed by atoms with Crippen LogP contribution in [0.1, 0.15) is 52.6 Å². The quantitative estimate of drug-likeness (QED) is 0.464. The Bertz CT molecular complexity index is 1520. The van der Waals surface area contributed by atoms with Crippen LogP contribution in [0.4, 0.5) is 4.79 Å². The number of methoxy groups -OCH3 is 1. The molecule has 2 fully saturated rings. The summed E-state index contributed by atoms with van der Waals surface area (Å²) in [6.45, 7) is 5.57. The number of ether oxygens (including phenoxy) is 1. The topological polar surface area (TPSA) is 119 Å². The van der Waals surface area contributed by atoms with Crippen LogP contribution in [0.25, 0.3) is 0 Å². The molecule has 2 aromatic carbocycles. The Kier molecular flexibility index (Phi) is 7.58. The molecule has 5 rings (SSSR count). The Morgan fingerprint density at radius 2 is 1.68 bits per heavy atom. The molecule has 0 radical (unpaired) electrons. The summed E-state index contributed by atoms with van der Waals surface area (Å²) in [6, 6.07) is 14.6. The van der Waals surface area contributed by atoms with Crippen molar-refractivity contribution in [2.24, 2.45) is 0 Å². The number of urea groups is 1. The molecule has 0 aliphatic carbocycles. The second kappa shape index (κ2) is 11.2. The standard InChI is InChI=1S/C30H31N5O5/c1-19(2)35-26(17-34(30(35)39)16-25-27(36)28(37)32-18-31-25)22-10-6-20(7-11-22)4-5-21-8-12-23(13-9-21)29(38)33-14-24(15-33)40-3/h6-13,18-19,24,26,36H,14-17H2,1-3H3,(H,31,32,37). The second-order valence-electron chi connectivity index (χ2n) is 10.2. The first-order valence-electron chi connectivity index (χ1n) is 13.1. The molecule has 3 aromatic rings. The van der Waals surface area contributed by atoms with Gasteiger partial charge in [0, 0.05) is 49.5 Å². The number of carbonyl (C=O) groups excluding carboxylic acids is 2. The normalized spacial score (nSPS) is 17.1. The van der Waals surface area contributed by atoms with Crippen molar-refractivity contribution >= 4 is 11.9 Å². The molecule has 1 unspecified atom stereocenters. The van der Waals surface area contributed by atoms with Gasteiger partial charge in [-0.05, 0) is 55.8 Å². The number of nitrogens with one attached hydrogen (secondary N) is 1.